The van der Waals surface area contributed by atoms with Crippen LogP contribution in [0.2, 0.25) is 0 Å². The Hall–Kier alpha value is -5.26. The molecule has 0 unspecified atom stereocenters. The fourth-order valence-electron chi connectivity index (χ4n) is 4.65. The molecule has 3 N–H and O–H groups in total. The molecule has 40 heavy (non-hydrogen) atoms. The minimum absolute atomic E-state index is 0.131. The quantitative estimate of drug-likeness (QED) is 0.257. The molecule has 4 heterocycles. The summed E-state index contributed by atoms with van der Waals surface area (Å²) in [5.41, 5.74) is 4.55. The predicted octanol–water partition coefficient (Wildman–Crippen LogP) is 4.08. The van der Waals surface area contributed by atoms with Crippen molar-refractivity contribution in [2.75, 3.05) is 29.0 Å². The highest BCUT2D eigenvalue weighted by molar-refractivity contribution is 5.90. The third-order valence-electron chi connectivity index (χ3n) is 6.64. The minimum Gasteiger partial charge on any atom is -0.341 e. The summed E-state index contributed by atoms with van der Waals surface area (Å²) < 4.78 is 3.87. The zero-order chi connectivity index (χ0) is 27.5. The first-order valence-electron chi connectivity index (χ1n) is 13.0. The Morgan fingerprint density at radius 1 is 0.925 bits per heavy atom. The minimum atomic E-state index is -0.131. The average molecular weight is 537 g/mol. The van der Waals surface area contributed by atoms with Gasteiger partial charge in [0.25, 0.3) is 0 Å². The summed E-state index contributed by atoms with van der Waals surface area (Å²) >= 11 is 0. The number of likely N-dealkylation sites (tertiary alicyclic amines) is 1. The highest BCUT2D eigenvalue weighted by atomic mass is 16.2. The molecule has 12 nitrogen and oxygen atoms in total. The number of imidazole rings is 2. The molecular weight excluding hydrogens is 508 g/mol. The lowest BCUT2D eigenvalue weighted by atomic mass is 10.2. The molecule has 1 aliphatic heterocycles. The Bertz CT molecular complexity index is 1640. The summed E-state index contributed by atoms with van der Waals surface area (Å²) in [7, 11) is 0. The lowest BCUT2D eigenvalue weighted by Crippen LogP contribution is -2.28. The molecule has 6 rings (SSSR count). The van der Waals surface area contributed by atoms with Gasteiger partial charge in [0, 0.05) is 68.1 Å². The number of anilines is 5. The van der Waals surface area contributed by atoms with E-state index in [4.69, 9.17) is 9.97 Å². The zero-order valence-corrected chi connectivity index (χ0v) is 21.9. The van der Waals surface area contributed by atoms with Crippen LogP contribution in [0.25, 0.3) is 16.9 Å². The van der Waals surface area contributed by atoms with Gasteiger partial charge in [-0.15, -0.1) is 0 Å². The first kappa shape index (κ1) is 25.0. The smallest absolute Gasteiger partial charge is 0.231 e. The second-order valence-electron chi connectivity index (χ2n) is 9.52. The highest BCUT2D eigenvalue weighted by Crippen LogP contribution is 2.27. The predicted molar refractivity (Wildman–Crippen MR) is 152 cm³/mol. The first-order chi connectivity index (χ1) is 19.5. The number of hydrogen-bond acceptors (Lipinski definition) is 8. The molecule has 5 aromatic rings. The molecule has 1 saturated heterocycles. The van der Waals surface area contributed by atoms with Crippen molar-refractivity contribution in [2.24, 2.45) is 0 Å². The van der Waals surface area contributed by atoms with Crippen molar-refractivity contribution in [3.8, 4) is 5.69 Å². The number of nitrogens with zero attached hydrogens (tertiary/aromatic N) is 7. The number of nitrogens with one attached hydrogen (secondary N) is 3. The summed E-state index contributed by atoms with van der Waals surface area (Å²) in [4.78, 5) is 43.6. The van der Waals surface area contributed by atoms with Crippen LogP contribution in [-0.4, -0.2) is 58.9 Å². The SMILES string of the molecule is CC(=O)Nc1ccc(Nc2nc(Nc3ccc(-n4ccnc4)cc3)nc3c2ncn3CCN2CCCC2=O)cc1. The van der Waals surface area contributed by atoms with Gasteiger partial charge in [-0.25, -0.2) is 9.97 Å². The van der Waals surface area contributed by atoms with Gasteiger partial charge in [-0.05, 0) is 55.0 Å². The van der Waals surface area contributed by atoms with Crippen LogP contribution in [0.15, 0.2) is 73.6 Å². The Morgan fingerprint density at radius 3 is 2.38 bits per heavy atom. The van der Waals surface area contributed by atoms with Crippen LogP contribution in [0.5, 0.6) is 0 Å². The largest absolute Gasteiger partial charge is 0.341 e. The van der Waals surface area contributed by atoms with Crippen LogP contribution >= 0.6 is 0 Å². The maximum Gasteiger partial charge on any atom is 0.231 e. The Kier molecular flexibility index (Phi) is 6.79. The highest BCUT2D eigenvalue weighted by Gasteiger charge is 2.21. The molecule has 202 valence electrons. The fourth-order valence-corrected chi connectivity index (χ4v) is 4.65. The molecule has 0 aliphatic carbocycles. The van der Waals surface area contributed by atoms with Gasteiger partial charge in [-0.1, -0.05) is 0 Å². The normalized spacial score (nSPS) is 13.1. The zero-order valence-electron chi connectivity index (χ0n) is 21.9. The van der Waals surface area contributed by atoms with E-state index in [9.17, 15) is 9.59 Å². The van der Waals surface area contributed by atoms with Crippen molar-refractivity contribution in [3.05, 3.63) is 73.6 Å². The van der Waals surface area contributed by atoms with Crippen molar-refractivity contribution in [3.63, 3.8) is 0 Å². The van der Waals surface area contributed by atoms with E-state index >= 15 is 0 Å². The van der Waals surface area contributed by atoms with E-state index in [0.717, 1.165) is 30.0 Å². The summed E-state index contributed by atoms with van der Waals surface area (Å²) in [6, 6.07) is 15.2. The standard InChI is InChI=1S/C28H28N10O2/c1-19(39)31-20-4-6-21(7-5-20)32-26-25-27(38(18-30-25)16-15-36-13-2-3-24(36)40)35-28(34-26)33-22-8-10-23(11-9-22)37-14-12-29-17-37/h4-12,14,17-18H,2-3,13,15-16H2,1H3,(H,31,39)(H2,32,33,34,35). The molecule has 3 aromatic heterocycles. The third kappa shape index (κ3) is 5.46. The van der Waals surface area contributed by atoms with Crippen molar-refractivity contribution in [2.45, 2.75) is 26.3 Å². The number of hydrogen-bond donors (Lipinski definition) is 3. The molecule has 1 aliphatic rings. The van der Waals surface area contributed by atoms with Crippen molar-refractivity contribution < 1.29 is 9.59 Å². The molecule has 0 bridgehead atoms. The van der Waals surface area contributed by atoms with E-state index in [1.54, 1.807) is 18.9 Å². The van der Waals surface area contributed by atoms with Gasteiger partial charge in [-0.3, -0.25) is 9.59 Å². The van der Waals surface area contributed by atoms with Crippen molar-refractivity contribution in [1.82, 2.24) is 34.0 Å². The van der Waals surface area contributed by atoms with Gasteiger partial charge in [0.05, 0.1) is 12.7 Å². The van der Waals surface area contributed by atoms with Crippen LogP contribution in [0.3, 0.4) is 0 Å². The molecular formula is C28H28N10O2. The third-order valence-corrected chi connectivity index (χ3v) is 6.64. The second-order valence-corrected chi connectivity index (χ2v) is 9.52. The number of benzene rings is 2. The van der Waals surface area contributed by atoms with Crippen molar-refractivity contribution >= 4 is 51.8 Å². The Morgan fingerprint density at radius 2 is 1.68 bits per heavy atom. The molecule has 0 radical (unpaired) electrons. The summed E-state index contributed by atoms with van der Waals surface area (Å²) in [6.45, 7) is 3.42. The topological polar surface area (TPSA) is 135 Å². The van der Waals surface area contributed by atoms with Gasteiger partial charge < -0.3 is 30.0 Å². The van der Waals surface area contributed by atoms with Crippen molar-refractivity contribution in [1.29, 1.82) is 0 Å². The summed E-state index contributed by atoms with van der Waals surface area (Å²) in [5, 5.41) is 9.42. The Balaban J connectivity index is 1.29. The van der Waals surface area contributed by atoms with E-state index in [1.165, 1.54) is 6.92 Å². The lowest BCUT2D eigenvalue weighted by Gasteiger charge is -2.16. The second kappa shape index (κ2) is 10.8. The van der Waals surface area contributed by atoms with Crippen LogP contribution < -0.4 is 16.0 Å². The maximum absolute atomic E-state index is 12.1. The monoisotopic (exact) mass is 536 g/mol. The average Bonchev–Trinajstić information content (AvgIpc) is 3.71. The van der Waals surface area contributed by atoms with Gasteiger partial charge >= 0.3 is 0 Å². The van der Waals surface area contributed by atoms with Gasteiger partial charge in [0.15, 0.2) is 17.0 Å². The van der Waals surface area contributed by atoms with E-state index in [-0.39, 0.29) is 11.8 Å². The van der Waals surface area contributed by atoms with E-state index < -0.39 is 0 Å². The van der Waals surface area contributed by atoms with Crippen LogP contribution in [0.4, 0.5) is 28.8 Å². The fraction of sp³-hybridized carbons (Fsp3) is 0.214. The molecule has 12 heteroatoms. The number of aromatic nitrogens is 6. The summed E-state index contributed by atoms with van der Waals surface area (Å²) in [6.07, 6.45) is 8.60. The van der Waals surface area contributed by atoms with Crippen LogP contribution in [0, 0.1) is 0 Å². The molecule has 2 aromatic carbocycles. The first-order valence-corrected chi connectivity index (χ1v) is 13.0. The van der Waals surface area contributed by atoms with E-state index in [1.807, 2.05) is 68.8 Å². The molecule has 0 spiro atoms. The number of fused-ring (bicyclic) bond motifs is 1. The summed E-state index contributed by atoms with van der Waals surface area (Å²) in [5.74, 6) is 0.990. The van der Waals surface area contributed by atoms with Crippen LogP contribution in [-0.2, 0) is 16.1 Å². The molecule has 0 atom stereocenters. The van der Waals surface area contributed by atoms with Crippen LogP contribution in [0.1, 0.15) is 19.8 Å². The maximum atomic E-state index is 12.1. The number of amides is 2. The van der Waals surface area contributed by atoms with Gasteiger partial charge in [0.1, 0.15) is 0 Å². The number of carbonyl (C=O) groups excluding carboxylic acids is 2. The van der Waals surface area contributed by atoms with E-state index in [2.05, 4.69) is 25.9 Å². The number of carbonyl (C=O) groups is 2. The number of rotatable bonds is 9. The van der Waals surface area contributed by atoms with E-state index in [0.29, 0.717) is 48.1 Å². The molecule has 1 fully saturated rings. The molecule has 2 amide bonds. The molecule has 0 saturated carbocycles. The Labute approximate surface area is 230 Å². The van der Waals surface area contributed by atoms with Gasteiger partial charge in [-0.2, -0.15) is 9.97 Å². The lowest BCUT2D eigenvalue weighted by molar-refractivity contribution is -0.127. The van der Waals surface area contributed by atoms with Gasteiger partial charge in [0.2, 0.25) is 17.8 Å².